The first kappa shape index (κ1) is 12.7. The molecule has 1 fully saturated rings. The zero-order valence-corrected chi connectivity index (χ0v) is 12.1. The molecule has 1 atom stereocenters. The van der Waals surface area contributed by atoms with Gasteiger partial charge < -0.3 is 10.2 Å². The van der Waals surface area contributed by atoms with Crippen molar-refractivity contribution >= 4 is 17.0 Å². The predicted molar refractivity (Wildman–Crippen MR) is 84.0 cm³/mol. The quantitative estimate of drug-likeness (QED) is 0.918. The third kappa shape index (κ3) is 2.67. The van der Waals surface area contributed by atoms with Gasteiger partial charge in [0.05, 0.1) is 0 Å². The summed E-state index contributed by atoms with van der Waals surface area (Å²) < 4.78 is 0. The van der Waals surface area contributed by atoms with Crippen LogP contribution in [0.5, 0.6) is 0 Å². The Morgan fingerprint density at radius 1 is 1.32 bits per heavy atom. The molecule has 0 spiro atoms. The molecule has 0 bridgehead atoms. The number of hydrogen-bond acceptors (Lipinski definition) is 3. The first-order valence-corrected chi connectivity index (χ1v) is 7.93. The maximum absolute atomic E-state index is 3.49. The molecule has 3 heteroatoms. The molecule has 1 unspecified atom stereocenters. The summed E-state index contributed by atoms with van der Waals surface area (Å²) in [6.45, 7) is 5.55. The number of piperazine rings is 1. The van der Waals surface area contributed by atoms with Crippen LogP contribution in [-0.4, -0.2) is 25.7 Å². The molecule has 0 radical (unpaired) electrons. The van der Waals surface area contributed by atoms with Crippen molar-refractivity contribution in [2.45, 2.75) is 19.4 Å². The third-order valence-corrected chi connectivity index (χ3v) is 4.54. The van der Waals surface area contributed by atoms with Crippen LogP contribution in [0.3, 0.4) is 0 Å². The van der Waals surface area contributed by atoms with Gasteiger partial charge in [-0.2, -0.15) is 11.3 Å². The van der Waals surface area contributed by atoms with Crippen molar-refractivity contribution in [3.63, 3.8) is 0 Å². The van der Waals surface area contributed by atoms with Gasteiger partial charge in [-0.15, -0.1) is 0 Å². The van der Waals surface area contributed by atoms with Crippen LogP contribution in [0, 0.1) is 0 Å². The smallest absolute Gasteiger partial charge is 0.0412 e. The summed E-state index contributed by atoms with van der Waals surface area (Å²) in [4.78, 5) is 2.55. The second kappa shape index (κ2) is 5.76. The van der Waals surface area contributed by atoms with Crippen molar-refractivity contribution in [3.05, 3.63) is 41.1 Å². The van der Waals surface area contributed by atoms with Gasteiger partial charge in [0.1, 0.15) is 0 Å². The molecule has 0 aliphatic carbocycles. The van der Waals surface area contributed by atoms with Crippen LogP contribution in [0.2, 0.25) is 0 Å². The minimum Gasteiger partial charge on any atom is -0.366 e. The molecule has 3 rings (SSSR count). The molecule has 100 valence electrons. The Bertz CT molecular complexity index is 521. The number of rotatable bonds is 3. The summed E-state index contributed by atoms with van der Waals surface area (Å²) in [6.07, 6.45) is 1.19. The van der Waals surface area contributed by atoms with E-state index >= 15 is 0 Å². The fraction of sp³-hybridized carbons (Fsp3) is 0.375. The molecule has 1 aromatic carbocycles. The van der Waals surface area contributed by atoms with E-state index in [1.807, 2.05) is 0 Å². The van der Waals surface area contributed by atoms with E-state index in [1.165, 1.54) is 23.2 Å². The molecular weight excluding hydrogens is 252 g/mol. The summed E-state index contributed by atoms with van der Waals surface area (Å²) in [7, 11) is 0. The van der Waals surface area contributed by atoms with Crippen LogP contribution in [0.25, 0.3) is 11.1 Å². The number of anilines is 1. The van der Waals surface area contributed by atoms with Crippen LogP contribution in [-0.2, 0) is 0 Å². The summed E-state index contributed by atoms with van der Waals surface area (Å²) in [6, 6.07) is 11.8. The van der Waals surface area contributed by atoms with Crippen molar-refractivity contribution in [2.24, 2.45) is 0 Å². The lowest BCUT2D eigenvalue weighted by molar-refractivity contribution is 0.466. The maximum atomic E-state index is 3.49. The van der Waals surface area contributed by atoms with Crippen molar-refractivity contribution < 1.29 is 0 Å². The van der Waals surface area contributed by atoms with Gasteiger partial charge in [0.15, 0.2) is 0 Å². The Morgan fingerprint density at radius 3 is 3.05 bits per heavy atom. The number of nitrogens with zero attached hydrogens (tertiary/aromatic N) is 1. The molecular formula is C16H20N2S. The van der Waals surface area contributed by atoms with E-state index in [2.05, 4.69) is 58.2 Å². The highest BCUT2D eigenvalue weighted by molar-refractivity contribution is 7.08. The second-order valence-electron chi connectivity index (χ2n) is 5.02. The zero-order valence-electron chi connectivity index (χ0n) is 11.3. The number of nitrogens with one attached hydrogen (secondary N) is 1. The highest BCUT2D eigenvalue weighted by Crippen LogP contribution is 2.28. The van der Waals surface area contributed by atoms with Crippen molar-refractivity contribution in [3.8, 4) is 11.1 Å². The molecule has 1 aliphatic heterocycles. The van der Waals surface area contributed by atoms with Crippen molar-refractivity contribution in [1.29, 1.82) is 0 Å². The molecule has 1 saturated heterocycles. The highest BCUT2D eigenvalue weighted by atomic mass is 32.1. The third-order valence-electron chi connectivity index (χ3n) is 3.85. The summed E-state index contributed by atoms with van der Waals surface area (Å²) in [5.41, 5.74) is 4.01. The lowest BCUT2D eigenvalue weighted by Crippen LogP contribution is -2.51. The Kier molecular flexibility index (Phi) is 3.85. The van der Waals surface area contributed by atoms with E-state index in [0.717, 1.165) is 19.6 Å². The fourth-order valence-corrected chi connectivity index (χ4v) is 3.42. The average molecular weight is 272 g/mol. The summed E-state index contributed by atoms with van der Waals surface area (Å²) >= 11 is 1.76. The van der Waals surface area contributed by atoms with Gasteiger partial charge in [-0.1, -0.05) is 19.1 Å². The molecule has 1 aliphatic rings. The topological polar surface area (TPSA) is 15.3 Å². The monoisotopic (exact) mass is 272 g/mol. The van der Waals surface area contributed by atoms with Gasteiger partial charge in [-0.3, -0.25) is 0 Å². The van der Waals surface area contributed by atoms with E-state index in [4.69, 9.17) is 0 Å². The van der Waals surface area contributed by atoms with E-state index in [0.29, 0.717) is 6.04 Å². The van der Waals surface area contributed by atoms with Crippen LogP contribution >= 0.6 is 11.3 Å². The molecule has 2 aromatic rings. The Labute approximate surface area is 119 Å². The van der Waals surface area contributed by atoms with Gasteiger partial charge in [-0.05, 0) is 46.5 Å². The van der Waals surface area contributed by atoms with Crippen molar-refractivity contribution in [1.82, 2.24) is 5.32 Å². The standard InChI is InChI=1S/C16H20N2S/c1-2-15-11-17-7-8-18(15)16-5-3-4-13(10-16)14-6-9-19-12-14/h3-6,9-10,12,15,17H,2,7-8,11H2,1H3. The van der Waals surface area contributed by atoms with Crippen LogP contribution in [0.4, 0.5) is 5.69 Å². The van der Waals surface area contributed by atoms with Gasteiger partial charge in [0.2, 0.25) is 0 Å². The van der Waals surface area contributed by atoms with Gasteiger partial charge in [-0.25, -0.2) is 0 Å². The van der Waals surface area contributed by atoms with E-state index < -0.39 is 0 Å². The van der Waals surface area contributed by atoms with E-state index in [1.54, 1.807) is 11.3 Å². The first-order valence-electron chi connectivity index (χ1n) is 6.98. The zero-order chi connectivity index (χ0) is 13.1. The maximum Gasteiger partial charge on any atom is 0.0412 e. The fourth-order valence-electron chi connectivity index (χ4n) is 2.76. The first-order chi connectivity index (χ1) is 9.38. The molecule has 0 saturated carbocycles. The van der Waals surface area contributed by atoms with Crippen molar-refractivity contribution in [2.75, 3.05) is 24.5 Å². The molecule has 1 aromatic heterocycles. The molecule has 0 amide bonds. The Hall–Kier alpha value is -1.32. The largest absolute Gasteiger partial charge is 0.366 e. The van der Waals surface area contributed by atoms with Gasteiger partial charge in [0.25, 0.3) is 0 Å². The molecule has 1 N–H and O–H groups in total. The Balaban J connectivity index is 1.90. The molecule has 19 heavy (non-hydrogen) atoms. The van der Waals surface area contributed by atoms with Crippen LogP contribution in [0.15, 0.2) is 41.1 Å². The summed E-state index contributed by atoms with van der Waals surface area (Å²) in [5.74, 6) is 0. The highest BCUT2D eigenvalue weighted by Gasteiger charge is 2.20. The van der Waals surface area contributed by atoms with Crippen LogP contribution in [0.1, 0.15) is 13.3 Å². The number of benzene rings is 1. The number of hydrogen-bond donors (Lipinski definition) is 1. The lowest BCUT2D eigenvalue weighted by atomic mass is 10.1. The average Bonchev–Trinajstić information content (AvgIpc) is 3.01. The summed E-state index contributed by atoms with van der Waals surface area (Å²) in [5, 5.41) is 7.84. The molecule has 2 heterocycles. The minimum absolute atomic E-state index is 0.617. The van der Waals surface area contributed by atoms with Crippen LogP contribution < -0.4 is 10.2 Å². The van der Waals surface area contributed by atoms with E-state index in [-0.39, 0.29) is 0 Å². The van der Waals surface area contributed by atoms with E-state index in [9.17, 15) is 0 Å². The van der Waals surface area contributed by atoms with Gasteiger partial charge in [0, 0.05) is 31.4 Å². The normalized spacial score (nSPS) is 19.6. The van der Waals surface area contributed by atoms with Gasteiger partial charge >= 0.3 is 0 Å². The number of thiophene rings is 1. The second-order valence-corrected chi connectivity index (χ2v) is 5.80. The molecule has 2 nitrogen and oxygen atoms in total. The minimum atomic E-state index is 0.617. The predicted octanol–water partition coefficient (Wildman–Crippen LogP) is 3.60. The lowest BCUT2D eigenvalue weighted by Gasteiger charge is -2.37. The Morgan fingerprint density at radius 2 is 2.26 bits per heavy atom. The SMILES string of the molecule is CCC1CNCCN1c1cccc(-c2ccsc2)c1.